The first-order valence-corrected chi connectivity index (χ1v) is 7.40. The molecule has 1 aliphatic carbocycles. The summed E-state index contributed by atoms with van der Waals surface area (Å²) >= 11 is 0. The Bertz CT molecular complexity index is 582. The molecule has 116 valence electrons. The van der Waals surface area contributed by atoms with Crippen molar-refractivity contribution < 1.29 is 9.90 Å². The van der Waals surface area contributed by atoms with Crippen molar-refractivity contribution in [2.45, 2.75) is 52.6 Å². The number of aromatic nitrogens is 2. The lowest BCUT2D eigenvalue weighted by molar-refractivity contribution is -0.147. The molecule has 0 bridgehead atoms. The highest BCUT2D eigenvalue weighted by atomic mass is 16.4. The van der Waals surface area contributed by atoms with E-state index in [1.54, 1.807) is 23.9 Å². The van der Waals surface area contributed by atoms with E-state index in [1.165, 1.54) is 0 Å². The molecular formula is C15H23N3O3. The number of hydrogen-bond donors (Lipinski definition) is 2. The van der Waals surface area contributed by atoms with E-state index in [9.17, 15) is 14.7 Å². The van der Waals surface area contributed by atoms with Crippen LogP contribution < -0.4 is 10.9 Å². The lowest BCUT2D eigenvalue weighted by Crippen LogP contribution is -2.42. The Morgan fingerprint density at radius 3 is 2.95 bits per heavy atom. The van der Waals surface area contributed by atoms with Gasteiger partial charge in [0.25, 0.3) is 5.56 Å². The molecule has 1 aliphatic rings. The summed E-state index contributed by atoms with van der Waals surface area (Å²) in [7, 11) is 0. The standard InChI is InChI=1S/C15H23N3O3/c1-10(2)9-18-8-7-16-12(13(18)19)17-11-5-4-6-15(11,3)14(20)21/h7-8,10-11H,4-6,9H2,1-3H3,(H,16,17)(H,20,21). The van der Waals surface area contributed by atoms with Crippen LogP contribution >= 0.6 is 0 Å². The number of carboxylic acid groups (broad SMARTS) is 1. The van der Waals surface area contributed by atoms with E-state index in [1.807, 2.05) is 13.8 Å². The van der Waals surface area contributed by atoms with E-state index in [4.69, 9.17) is 0 Å². The Balaban J connectivity index is 2.24. The highest BCUT2D eigenvalue weighted by Crippen LogP contribution is 2.39. The predicted octanol–water partition coefficient (Wildman–Crippen LogP) is 1.95. The molecule has 1 aromatic rings. The summed E-state index contributed by atoms with van der Waals surface area (Å²) in [5.74, 6) is -0.220. The molecule has 0 amide bonds. The molecule has 2 atom stereocenters. The third-order valence-electron chi connectivity index (χ3n) is 4.23. The van der Waals surface area contributed by atoms with Crippen LogP contribution in [0.1, 0.15) is 40.0 Å². The first-order valence-electron chi connectivity index (χ1n) is 7.40. The topological polar surface area (TPSA) is 84.2 Å². The Labute approximate surface area is 124 Å². The van der Waals surface area contributed by atoms with Crippen LogP contribution in [-0.4, -0.2) is 26.7 Å². The van der Waals surface area contributed by atoms with Gasteiger partial charge in [-0.05, 0) is 25.7 Å². The lowest BCUT2D eigenvalue weighted by Gasteiger charge is -2.28. The molecule has 0 spiro atoms. The van der Waals surface area contributed by atoms with Crippen LogP contribution in [0.4, 0.5) is 5.82 Å². The Morgan fingerprint density at radius 2 is 2.33 bits per heavy atom. The van der Waals surface area contributed by atoms with E-state index in [-0.39, 0.29) is 17.4 Å². The van der Waals surface area contributed by atoms with Gasteiger partial charge in [-0.3, -0.25) is 9.59 Å². The van der Waals surface area contributed by atoms with Crippen molar-refractivity contribution in [2.24, 2.45) is 11.3 Å². The maximum absolute atomic E-state index is 12.4. The first kappa shape index (κ1) is 15.5. The van der Waals surface area contributed by atoms with Gasteiger partial charge in [0.2, 0.25) is 0 Å². The third-order valence-corrected chi connectivity index (χ3v) is 4.23. The molecule has 0 aliphatic heterocycles. The largest absolute Gasteiger partial charge is 0.481 e. The maximum Gasteiger partial charge on any atom is 0.311 e. The monoisotopic (exact) mass is 293 g/mol. The predicted molar refractivity (Wildman–Crippen MR) is 80.3 cm³/mol. The minimum absolute atomic E-state index is 0.189. The second-order valence-electron chi connectivity index (χ2n) is 6.44. The normalized spacial score (nSPS) is 25.2. The van der Waals surface area contributed by atoms with Gasteiger partial charge in [0.05, 0.1) is 5.41 Å². The number of carboxylic acids is 1. The minimum atomic E-state index is -0.840. The molecule has 1 fully saturated rings. The van der Waals surface area contributed by atoms with Crippen molar-refractivity contribution >= 4 is 11.8 Å². The van der Waals surface area contributed by atoms with Gasteiger partial charge >= 0.3 is 5.97 Å². The fourth-order valence-electron chi connectivity index (χ4n) is 2.90. The van der Waals surface area contributed by atoms with Gasteiger partial charge in [0.15, 0.2) is 5.82 Å². The van der Waals surface area contributed by atoms with Gasteiger partial charge in [0.1, 0.15) is 0 Å². The summed E-state index contributed by atoms with van der Waals surface area (Å²) in [4.78, 5) is 27.9. The molecule has 6 heteroatoms. The molecule has 0 aromatic carbocycles. The van der Waals surface area contributed by atoms with Crippen LogP contribution in [0.3, 0.4) is 0 Å². The SMILES string of the molecule is CC(C)Cn1ccnc(NC2CCCC2(C)C(=O)O)c1=O. The van der Waals surface area contributed by atoms with Crippen LogP contribution in [0.2, 0.25) is 0 Å². The molecule has 1 heterocycles. The second-order valence-corrected chi connectivity index (χ2v) is 6.44. The van der Waals surface area contributed by atoms with Crippen molar-refractivity contribution in [3.63, 3.8) is 0 Å². The van der Waals surface area contributed by atoms with Gasteiger partial charge in [-0.15, -0.1) is 0 Å². The van der Waals surface area contributed by atoms with Crippen molar-refractivity contribution in [3.05, 3.63) is 22.7 Å². The smallest absolute Gasteiger partial charge is 0.311 e. The zero-order valence-electron chi connectivity index (χ0n) is 12.8. The second kappa shape index (κ2) is 5.87. The van der Waals surface area contributed by atoms with Crippen molar-refractivity contribution in [1.82, 2.24) is 9.55 Å². The quantitative estimate of drug-likeness (QED) is 0.867. The van der Waals surface area contributed by atoms with Crippen LogP contribution in [-0.2, 0) is 11.3 Å². The third kappa shape index (κ3) is 3.09. The van der Waals surface area contributed by atoms with Crippen molar-refractivity contribution in [2.75, 3.05) is 5.32 Å². The Hall–Kier alpha value is -1.85. The Kier molecular flexibility index (Phi) is 4.34. The highest BCUT2D eigenvalue weighted by molar-refractivity contribution is 5.76. The first-order chi connectivity index (χ1) is 9.84. The average molecular weight is 293 g/mol. The van der Waals surface area contributed by atoms with Gasteiger partial charge in [0, 0.05) is 25.0 Å². The fraction of sp³-hybridized carbons (Fsp3) is 0.667. The zero-order valence-corrected chi connectivity index (χ0v) is 12.8. The maximum atomic E-state index is 12.4. The van der Waals surface area contributed by atoms with Gasteiger partial charge in [-0.1, -0.05) is 20.3 Å². The molecular weight excluding hydrogens is 270 g/mol. The molecule has 0 radical (unpaired) electrons. The van der Waals surface area contributed by atoms with Crippen molar-refractivity contribution in [1.29, 1.82) is 0 Å². The molecule has 0 saturated heterocycles. The number of anilines is 1. The lowest BCUT2D eigenvalue weighted by atomic mass is 9.85. The summed E-state index contributed by atoms with van der Waals surface area (Å²) < 4.78 is 1.62. The van der Waals surface area contributed by atoms with Crippen LogP contribution in [0.25, 0.3) is 0 Å². The van der Waals surface area contributed by atoms with Crippen LogP contribution in [0.5, 0.6) is 0 Å². The van der Waals surface area contributed by atoms with E-state index in [0.29, 0.717) is 18.9 Å². The van der Waals surface area contributed by atoms with Gasteiger partial charge in [-0.25, -0.2) is 4.98 Å². The summed E-state index contributed by atoms with van der Waals surface area (Å²) in [5, 5.41) is 12.5. The molecule has 1 saturated carbocycles. The highest BCUT2D eigenvalue weighted by Gasteiger charge is 2.45. The van der Waals surface area contributed by atoms with Crippen LogP contribution in [0.15, 0.2) is 17.2 Å². The van der Waals surface area contributed by atoms with Gasteiger partial charge < -0.3 is 15.0 Å². The molecule has 1 aromatic heterocycles. The molecule has 2 unspecified atom stereocenters. The number of hydrogen-bond acceptors (Lipinski definition) is 4. The zero-order chi connectivity index (χ0) is 15.6. The minimum Gasteiger partial charge on any atom is -0.481 e. The molecule has 6 nitrogen and oxygen atoms in total. The number of aliphatic carboxylic acids is 1. The summed E-state index contributed by atoms with van der Waals surface area (Å²) in [6.45, 7) is 6.43. The van der Waals surface area contributed by atoms with E-state index >= 15 is 0 Å². The van der Waals surface area contributed by atoms with E-state index < -0.39 is 11.4 Å². The van der Waals surface area contributed by atoms with E-state index in [2.05, 4.69) is 10.3 Å². The van der Waals surface area contributed by atoms with E-state index in [0.717, 1.165) is 12.8 Å². The number of rotatable bonds is 5. The number of nitrogens with zero attached hydrogens (tertiary/aromatic N) is 2. The Morgan fingerprint density at radius 1 is 1.62 bits per heavy atom. The van der Waals surface area contributed by atoms with Crippen molar-refractivity contribution in [3.8, 4) is 0 Å². The molecule has 2 N–H and O–H groups in total. The molecule has 2 rings (SSSR count). The summed E-state index contributed by atoms with van der Waals surface area (Å²) in [5.41, 5.74) is -1.03. The van der Waals surface area contributed by atoms with Crippen LogP contribution in [0, 0.1) is 11.3 Å². The number of carbonyl (C=O) groups is 1. The number of nitrogens with one attached hydrogen (secondary N) is 1. The average Bonchev–Trinajstić information content (AvgIpc) is 2.77. The summed E-state index contributed by atoms with van der Waals surface area (Å²) in [6.07, 6.45) is 5.45. The fourth-order valence-corrected chi connectivity index (χ4v) is 2.90. The van der Waals surface area contributed by atoms with Gasteiger partial charge in [-0.2, -0.15) is 0 Å². The molecule has 21 heavy (non-hydrogen) atoms. The summed E-state index contributed by atoms with van der Waals surface area (Å²) in [6, 6.07) is -0.259.